The first kappa shape index (κ1) is 27.5. The maximum absolute atomic E-state index is 12.9. The Hall–Kier alpha value is -1.75. The summed E-state index contributed by atoms with van der Waals surface area (Å²) < 4.78 is 12.5. The molecular weight excluding hydrogens is 454 g/mol. The lowest BCUT2D eigenvalue weighted by molar-refractivity contribution is 0.0340. The Morgan fingerprint density at radius 3 is 2.45 bits per heavy atom. The van der Waals surface area contributed by atoms with Crippen molar-refractivity contribution in [2.24, 2.45) is 0 Å². The van der Waals surface area contributed by atoms with Crippen LogP contribution in [0.15, 0.2) is 12.1 Å². The van der Waals surface area contributed by atoms with Gasteiger partial charge in [0, 0.05) is 12.2 Å². The minimum Gasteiger partial charge on any atom is -0.444 e. The smallest absolute Gasteiger partial charge is 0.408 e. The molecule has 1 amide bonds. The SMILES string of the molecule is Cc1c(NC[C@]2(NC(=O)OC(C)(C)C)CCC[C@H]2O[Si](C)(C)C(C)(C)C)ccc(C#N)c1Cl. The molecule has 1 aromatic carbocycles. The van der Waals surface area contributed by atoms with Gasteiger partial charge in [0.2, 0.25) is 0 Å². The van der Waals surface area contributed by atoms with Crippen molar-refractivity contribution in [3.8, 4) is 6.07 Å². The van der Waals surface area contributed by atoms with Crippen LogP contribution in [-0.2, 0) is 9.16 Å². The van der Waals surface area contributed by atoms with Gasteiger partial charge in [0.25, 0.3) is 0 Å². The van der Waals surface area contributed by atoms with Crippen molar-refractivity contribution in [2.75, 3.05) is 11.9 Å². The molecule has 184 valence electrons. The minimum atomic E-state index is -2.07. The zero-order chi connectivity index (χ0) is 25.2. The maximum Gasteiger partial charge on any atom is 0.408 e. The molecule has 0 saturated heterocycles. The lowest BCUT2D eigenvalue weighted by Crippen LogP contribution is -2.62. The summed E-state index contributed by atoms with van der Waals surface area (Å²) in [5.74, 6) is 0. The molecule has 2 rings (SSSR count). The fourth-order valence-electron chi connectivity index (χ4n) is 3.86. The van der Waals surface area contributed by atoms with Gasteiger partial charge in [-0.15, -0.1) is 0 Å². The largest absolute Gasteiger partial charge is 0.444 e. The molecule has 0 aromatic heterocycles. The van der Waals surface area contributed by atoms with E-state index in [2.05, 4.69) is 50.6 Å². The molecule has 2 atom stereocenters. The van der Waals surface area contributed by atoms with E-state index in [0.29, 0.717) is 17.1 Å². The molecule has 1 fully saturated rings. The number of nitrogens with zero attached hydrogens (tertiary/aromatic N) is 1. The van der Waals surface area contributed by atoms with Gasteiger partial charge in [0.1, 0.15) is 11.7 Å². The molecule has 6 nitrogen and oxygen atoms in total. The van der Waals surface area contributed by atoms with E-state index in [1.165, 1.54) is 0 Å². The van der Waals surface area contributed by atoms with Gasteiger partial charge in [0.05, 0.1) is 22.2 Å². The zero-order valence-electron chi connectivity index (χ0n) is 21.6. The fraction of sp³-hybridized carbons (Fsp3) is 0.680. The summed E-state index contributed by atoms with van der Waals surface area (Å²) in [6.07, 6.45) is 2.03. The lowest BCUT2D eigenvalue weighted by atomic mass is 9.94. The van der Waals surface area contributed by atoms with Crippen molar-refractivity contribution >= 4 is 31.7 Å². The monoisotopic (exact) mass is 493 g/mol. The normalized spacial score (nSPS) is 21.4. The van der Waals surface area contributed by atoms with Gasteiger partial charge in [-0.2, -0.15) is 5.26 Å². The van der Waals surface area contributed by atoms with Crippen LogP contribution in [0, 0.1) is 18.3 Å². The highest BCUT2D eigenvalue weighted by molar-refractivity contribution is 6.74. The van der Waals surface area contributed by atoms with Crippen molar-refractivity contribution in [2.45, 2.75) is 103 Å². The van der Waals surface area contributed by atoms with E-state index in [1.54, 1.807) is 6.07 Å². The number of nitrogens with one attached hydrogen (secondary N) is 2. The average Bonchev–Trinajstić information content (AvgIpc) is 3.02. The first-order valence-corrected chi connectivity index (χ1v) is 14.9. The molecule has 1 aliphatic carbocycles. The molecule has 1 aromatic rings. The minimum absolute atomic E-state index is 0.0535. The molecular formula is C25H40ClN3O3Si. The molecule has 33 heavy (non-hydrogen) atoms. The average molecular weight is 494 g/mol. The van der Waals surface area contributed by atoms with Crippen LogP contribution in [0.25, 0.3) is 0 Å². The van der Waals surface area contributed by atoms with Gasteiger partial charge in [-0.3, -0.25) is 0 Å². The molecule has 1 saturated carbocycles. The third-order valence-corrected chi connectivity index (χ3v) is 11.8. The van der Waals surface area contributed by atoms with E-state index >= 15 is 0 Å². The number of hydrogen-bond donors (Lipinski definition) is 2. The third kappa shape index (κ3) is 6.65. The Morgan fingerprint density at radius 2 is 1.91 bits per heavy atom. The quantitative estimate of drug-likeness (QED) is 0.427. The number of amides is 1. The highest BCUT2D eigenvalue weighted by atomic mass is 35.5. The van der Waals surface area contributed by atoms with Gasteiger partial charge in [-0.05, 0) is 82.8 Å². The molecule has 0 spiro atoms. The topological polar surface area (TPSA) is 83.4 Å². The standard InChI is InChI=1S/C25H40ClN3O3Si/c1-17-19(13-12-18(15-27)21(17)26)28-16-25(29-22(30)31-23(2,3)4)14-10-11-20(25)32-33(8,9)24(5,6)7/h12-13,20,28H,10-11,14,16H2,1-9H3,(H,29,30)/t20-,25-/m1/s1. The molecule has 0 radical (unpaired) electrons. The second-order valence-electron chi connectivity index (χ2n) is 11.6. The summed E-state index contributed by atoms with van der Waals surface area (Å²) >= 11 is 6.38. The van der Waals surface area contributed by atoms with E-state index in [-0.39, 0.29) is 11.1 Å². The van der Waals surface area contributed by atoms with Crippen LogP contribution >= 0.6 is 11.6 Å². The summed E-state index contributed by atoms with van der Waals surface area (Å²) in [7, 11) is -2.07. The van der Waals surface area contributed by atoms with Crippen LogP contribution < -0.4 is 10.6 Å². The summed E-state index contributed by atoms with van der Waals surface area (Å²) in [5, 5.41) is 16.4. The second-order valence-corrected chi connectivity index (χ2v) is 16.7. The highest BCUT2D eigenvalue weighted by Gasteiger charge is 2.50. The first-order chi connectivity index (χ1) is 15.0. The van der Waals surface area contributed by atoms with Crippen molar-refractivity contribution in [3.05, 3.63) is 28.3 Å². The molecule has 8 heteroatoms. The number of hydrogen-bond acceptors (Lipinski definition) is 5. The third-order valence-electron chi connectivity index (χ3n) is 6.80. The maximum atomic E-state index is 12.9. The van der Waals surface area contributed by atoms with Crippen LogP contribution in [0.4, 0.5) is 10.5 Å². The number of alkyl carbamates (subject to hydrolysis) is 1. The summed E-state index contributed by atoms with van der Waals surface area (Å²) in [4.78, 5) is 12.9. The Bertz CT molecular complexity index is 915. The number of benzene rings is 1. The van der Waals surface area contributed by atoms with Gasteiger partial charge in [-0.1, -0.05) is 32.4 Å². The Morgan fingerprint density at radius 1 is 1.27 bits per heavy atom. The van der Waals surface area contributed by atoms with E-state index in [0.717, 1.165) is 30.5 Å². The van der Waals surface area contributed by atoms with Crippen LogP contribution in [0.5, 0.6) is 0 Å². The molecule has 1 aliphatic rings. The summed E-state index contributed by atoms with van der Waals surface area (Å²) in [6, 6.07) is 5.69. The predicted octanol–water partition coefficient (Wildman–Crippen LogP) is 6.77. The van der Waals surface area contributed by atoms with E-state index in [1.807, 2.05) is 33.8 Å². The number of anilines is 1. The molecule has 2 N–H and O–H groups in total. The van der Waals surface area contributed by atoms with Crippen LogP contribution in [-0.4, -0.2) is 38.2 Å². The number of halogens is 1. The summed E-state index contributed by atoms with van der Waals surface area (Å²) in [5.41, 5.74) is 0.876. The molecule has 0 heterocycles. The van der Waals surface area contributed by atoms with Crippen molar-refractivity contribution < 1.29 is 14.0 Å². The van der Waals surface area contributed by atoms with Gasteiger partial charge in [-0.25, -0.2) is 4.79 Å². The van der Waals surface area contributed by atoms with Crippen molar-refractivity contribution in [1.82, 2.24) is 5.32 Å². The van der Waals surface area contributed by atoms with E-state index < -0.39 is 25.6 Å². The molecule has 0 aliphatic heterocycles. The number of carbonyl (C=O) groups is 1. The second kappa shape index (κ2) is 9.85. The Labute approximate surface area is 205 Å². The van der Waals surface area contributed by atoms with Gasteiger partial charge in [0.15, 0.2) is 8.32 Å². The Kier molecular flexibility index (Phi) is 8.21. The number of ether oxygens (including phenoxy) is 1. The fourth-order valence-corrected chi connectivity index (χ4v) is 5.47. The number of rotatable bonds is 6. The van der Waals surface area contributed by atoms with E-state index in [4.69, 9.17) is 20.8 Å². The zero-order valence-corrected chi connectivity index (χ0v) is 23.4. The van der Waals surface area contributed by atoms with Crippen molar-refractivity contribution in [1.29, 1.82) is 5.26 Å². The van der Waals surface area contributed by atoms with E-state index in [9.17, 15) is 10.1 Å². The van der Waals surface area contributed by atoms with Crippen LogP contribution in [0.2, 0.25) is 23.2 Å². The van der Waals surface area contributed by atoms with Crippen molar-refractivity contribution in [3.63, 3.8) is 0 Å². The number of nitriles is 1. The summed E-state index contributed by atoms with van der Waals surface area (Å²) in [6.45, 7) is 19.1. The predicted molar refractivity (Wildman–Crippen MR) is 137 cm³/mol. The van der Waals surface area contributed by atoms with Gasteiger partial charge < -0.3 is 19.8 Å². The number of carbonyl (C=O) groups excluding carboxylic acids is 1. The van der Waals surface area contributed by atoms with Crippen LogP contribution in [0.3, 0.4) is 0 Å². The lowest BCUT2D eigenvalue weighted by Gasteiger charge is -2.44. The first-order valence-electron chi connectivity index (χ1n) is 11.6. The Balaban J connectivity index is 2.36. The van der Waals surface area contributed by atoms with Gasteiger partial charge >= 0.3 is 6.09 Å². The molecule has 0 bridgehead atoms. The molecule has 0 unspecified atom stereocenters. The highest BCUT2D eigenvalue weighted by Crippen LogP contribution is 2.42. The van der Waals surface area contributed by atoms with Crippen LogP contribution in [0.1, 0.15) is 71.9 Å².